The summed E-state index contributed by atoms with van der Waals surface area (Å²) < 4.78 is 25.5. The van der Waals surface area contributed by atoms with Crippen LogP contribution in [0.4, 0.5) is 0 Å². The smallest absolute Gasteiger partial charge is 0.274 e. The Morgan fingerprint density at radius 1 is 1.32 bits per heavy atom. The summed E-state index contributed by atoms with van der Waals surface area (Å²) in [5.41, 5.74) is 0.750. The number of pyridine rings is 1. The van der Waals surface area contributed by atoms with Crippen molar-refractivity contribution in [3.8, 4) is 0 Å². The van der Waals surface area contributed by atoms with Gasteiger partial charge in [-0.1, -0.05) is 6.07 Å². The van der Waals surface area contributed by atoms with Crippen molar-refractivity contribution in [3.63, 3.8) is 0 Å². The molecule has 0 aromatic carbocycles. The van der Waals surface area contributed by atoms with E-state index in [0.29, 0.717) is 24.5 Å². The second-order valence-corrected chi connectivity index (χ2v) is 8.51. The van der Waals surface area contributed by atoms with Crippen molar-refractivity contribution < 1.29 is 13.2 Å². The number of aromatic nitrogens is 2. The summed E-state index contributed by atoms with van der Waals surface area (Å²) in [5, 5.41) is 3.07. The molecule has 0 radical (unpaired) electrons. The van der Waals surface area contributed by atoms with Crippen molar-refractivity contribution in [2.45, 2.75) is 24.4 Å². The van der Waals surface area contributed by atoms with E-state index in [-0.39, 0.29) is 16.8 Å². The van der Waals surface area contributed by atoms with Crippen LogP contribution in [0.3, 0.4) is 0 Å². The van der Waals surface area contributed by atoms with Gasteiger partial charge in [-0.25, -0.2) is 13.4 Å². The number of nitrogens with zero attached hydrogens (tertiary/aromatic N) is 3. The molecule has 0 spiro atoms. The number of carbonyl (C=O) groups excluding carboxylic acids is 1. The predicted molar refractivity (Wildman–Crippen MR) is 95.5 cm³/mol. The molecule has 0 aliphatic carbocycles. The Morgan fingerprint density at radius 3 is 2.68 bits per heavy atom. The number of hydrogen-bond donors (Lipinski definition) is 1. The van der Waals surface area contributed by atoms with Gasteiger partial charge in [0.2, 0.25) is 15.0 Å². The first-order chi connectivity index (χ1) is 11.9. The van der Waals surface area contributed by atoms with Gasteiger partial charge in [-0.15, -0.1) is 0 Å². The molecule has 2 aromatic heterocycles. The van der Waals surface area contributed by atoms with E-state index in [9.17, 15) is 13.2 Å². The Morgan fingerprint density at radius 2 is 2.04 bits per heavy atom. The standard InChI is InChI=1S/C17H24N4O3S/c1-18-9-6-13-7-11-20(12-8-13)16(22)15-14-5-3-4-10-21(14)17(19-15)25(2,23)24/h3-5,10,13,18H,6-9,11-12H2,1-2H3. The lowest BCUT2D eigenvalue weighted by atomic mass is 9.93. The fourth-order valence-corrected chi connectivity index (χ4v) is 4.13. The largest absolute Gasteiger partial charge is 0.337 e. The summed E-state index contributed by atoms with van der Waals surface area (Å²) in [6.07, 6.45) is 5.79. The van der Waals surface area contributed by atoms with Crippen LogP contribution in [-0.2, 0) is 9.84 Å². The van der Waals surface area contributed by atoms with Crippen LogP contribution in [0.2, 0.25) is 0 Å². The Labute approximate surface area is 148 Å². The summed E-state index contributed by atoms with van der Waals surface area (Å²) in [6.45, 7) is 2.36. The number of fused-ring (bicyclic) bond motifs is 1. The van der Waals surface area contributed by atoms with Gasteiger partial charge in [-0.2, -0.15) is 0 Å². The topological polar surface area (TPSA) is 83.8 Å². The summed E-state index contributed by atoms with van der Waals surface area (Å²) >= 11 is 0. The molecule has 0 bridgehead atoms. The molecule has 2 aromatic rings. The SMILES string of the molecule is CNCCC1CCN(C(=O)c2nc(S(C)(=O)=O)n3ccccc23)CC1. The highest BCUT2D eigenvalue weighted by Crippen LogP contribution is 2.24. The highest BCUT2D eigenvalue weighted by atomic mass is 32.2. The maximum atomic E-state index is 12.9. The fourth-order valence-electron chi connectivity index (χ4n) is 3.35. The van der Waals surface area contributed by atoms with Crippen molar-refractivity contribution in [2.24, 2.45) is 5.92 Å². The van der Waals surface area contributed by atoms with E-state index in [1.807, 2.05) is 7.05 Å². The normalized spacial score (nSPS) is 16.5. The van der Waals surface area contributed by atoms with E-state index in [4.69, 9.17) is 0 Å². The van der Waals surface area contributed by atoms with E-state index in [2.05, 4.69) is 10.3 Å². The van der Waals surface area contributed by atoms with Gasteiger partial charge in [0.15, 0.2) is 5.69 Å². The van der Waals surface area contributed by atoms with Gasteiger partial charge in [0.05, 0.1) is 5.52 Å². The number of likely N-dealkylation sites (tertiary alicyclic amines) is 1. The third-order valence-corrected chi connectivity index (χ3v) is 5.71. The third kappa shape index (κ3) is 3.69. The second kappa shape index (κ2) is 7.13. The molecule has 1 aliphatic heterocycles. The molecule has 3 rings (SSSR count). The van der Waals surface area contributed by atoms with E-state index in [1.165, 1.54) is 4.40 Å². The van der Waals surface area contributed by atoms with Crippen LogP contribution in [0, 0.1) is 5.92 Å². The first kappa shape index (κ1) is 17.9. The van der Waals surface area contributed by atoms with Crippen molar-refractivity contribution in [1.82, 2.24) is 19.6 Å². The van der Waals surface area contributed by atoms with Gasteiger partial charge >= 0.3 is 0 Å². The first-order valence-electron chi connectivity index (χ1n) is 8.53. The van der Waals surface area contributed by atoms with Gasteiger partial charge in [-0.05, 0) is 50.9 Å². The van der Waals surface area contributed by atoms with Crippen LogP contribution in [0.25, 0.3) is 5.52 Å². The number of hydrogen-bond acceptors (Lipinski definition) is 5. The Balaban J connectivity index is 1.84. The Kier molecular flexibility index (Phi) is 5.10. The van der Waals surface area contributed by atoms with E-state index in [0.717, 1.165) is 32.1 Å². The maximum absolute atomic E-state index is 12.9. The molecule has 25 heavy (non-hydrogen) atoms. The van der Waals surface area contributed by atoms with Crippen molar-refractivity contribution in [2.75, 3.05) is 32.9 Å². The van der Waals surface area contributed by atoms with Crippen LogP contribution in [-0.4, -0.2) is 61.5 Å². The molecular formula is C17H24N4O3S. The lowest BCUT2D eigenvalue weighted by molar-refractivity contribution is 0.0683. The van der Waals surface area contributed by atoms with Crippen LogP contribution < -0.4 is 5.32 Å². The van der Waals surface area contributed by atoms with E-state index >= 15 is 0 Å². The van der Waals surface area contributed by atoms with Gasteiger partial charge in [0, 0.05) is 25.5 Å². The zero-order chi connectivity index (χ0) is 18.0. The minimum atomic E-state index is -3.52. The Bertz CT molecular complexity index is 867. The summed E-state index contributed by atoms with van der Waals surface area (Å²) in [6, 6.07) is 5.24. The molecule has 0 saturated carbocycles. The molecular weight excluding hydrogens is 340 g/mol. The maximum Gasteiger partial charge on any atom is 0.274 e. The summed E-state index contributed by atoms with van der Waals surface area (Å²) in [5.74, 6) is 0.437. The first-order valence-corrected chi connectivity index (χ1v) is 10.4. The number of rotatable bonds is 5. The molecule has 8 heteroatoms. The van der Waals surface area contributed by atoms with E-state index in [1.54, 1.807) is 29.3 Å². The lowest BCUT2D eigenvalue weighted by Gasteiger charge is -2.31. The number of imidazole rings is 1. The molecule has 1 N–H and O–H groups in total. The molecule has 1 aliphatic rings. The molecule has 0 atom stereocenters. The number of piperidine rings is 1. The summed E-state index contributed by atoms with van der Waals surface area (Å²) in [4.78, 5) is 18.9. The summed E-state index contributed by atoms with van der Waals surface area (Å²) in [7, 11) is -1.57. The lowest BCUT2D eigenvalue weighted by Crippen LogP contribution is -2.39. The molecule has 0 unspecified atom stereocenters. The van der Waals surface area contributed by atoms with Crippen LogP contribution in [0.5, 0.6) is 0 Å². The minimum absolute atomic E-state index is 0.0876. The van der Waals surface area contributed by atoms with Crippen LogP contribution in [0.15, 0.2) is 29.6 Å². The number of carbonyl (C=O) groups is 1. The molecule has 7 nitrogen and oxygen atoms in total. The minimum Gasteiger partial charge on any atom is -0.337 e. The molecule has 1 amide bonds. The van der Waals surface area contributed by atoms with Gasteiger partial charge in [0.1, 0.15) is 0 Å². The van der Waals surface area contributed by atoms with E-state index < -0.39 is 9.84 Å². The predicted octanol–water partition coefficient (Wildman–Crippen LogP) is 1.20. The highest BCUT2D eigenvalue weighted by Gasteiger charge is 2.28. The number of amides is 1. The second-order valence-electron chi connectivity index (χ2n) is 6.60. The van der Waals surface area contributed by atoms with Crippen molar-refractivity contribution >= 4 is 21.3 Å². The van der Waals surface area contributed by atoms with Crippen molar-refractivity contribution in [3.05, 3.63) is 30.1 Å². The number of nitrogens with one attached hydrogen (secondary N) is 1. The van der Waals surface area contributed by atoms with Crippen LogP contribution >= 0.6 is 0 Å². The molecule has 3 heterocycles. The molecule has 1 saturated heterocycles. The zero-order valence-corrected chi connectivity index (χ0v) is 15.4. The average molecular weight is 364 g/mol. The zero-order valence-electron chi connectivity index (χ0n) is 14.6. The Hall–Kier alpha value is -1.93. The molecule has 1 fully saturated rings. The highest BCUT2D eigenvalue weighted by molar-refractivity contribution is 7.90. The number of sulfone groups is 1. The quantitative estimate of drug-likeness (QED) is 0.862. The third-order valence-electron chi connectivity index (χ3n) is 4.75. The van der Waals surface area contributed by atoms with Crippen LogP contribution in [0.1, 0.15) is 29.8 Å². The van der Waals surface area contributed by atoms with Gasteiger partial charge in [0.25, 0.3) is 5.91 Å². The van der Waals surface area contributed by atoms with Gasteiger partial charge < -0.3 is 10.2 Å². The fraction of sp³-hybridized carbons (Fsp3) is 0.529. The molecule has 136 valence electrons. The average Bonchev–Trinajstić information content (AvgIpc) is 3.00. The van der Waals surface area contributed by atoms with Crippen molar-refractivity contribution in [1.29, 1.82) is 0 Å². The monoisotopic (exact) mass is 364 g/mol. The van der Waals surface area contributed by atoms with Gasteiger partial charge in [-0.3, -0.25) is 9.20 Å².